The van der Waals surface area contributed by atoms with Crippen LogP contribution in [-0.2, 0) is 11.2 Å². The lowest BCUT2D eigenvalue weighted by atomic mass is 10.1. The molecule has 2 atom stereocenters. The first-order valence-electron chi connectivity index (χ1n) is 8.29. The lowest BCUT2D eigenvalue weighted by molar-refractivity contribution is -0.121. The number of phenols is 1. The van der Waals surface area contributed by atoms with Crippen LogP contribution in [0.5, 0.6) is 5.75 Å². The second kappa shape index (κ2) is 7.74. The molecule has 0 spiro atoms. The number of nitrogens with one attached hydrogen (secondary N) is 2. The molecule has 138 valence electrons. The van der Waals surface area contributed by atoms with Gasteiger partial charge in [-0.15, -0.1) is 0 Å². The molecule has 1 aliphatic rings. The van der Waals surface area contributed by atoms with Crippen molar-refractivity contribution in [3.63, 3.8) is 0 Å². The van der Waals surface area contributed by atoms with E-state index in [1.807, 2.05) is 0 Å². The number of aromatic nitrogens is 2. The molecule has 1 fully saturated rings. The van der Waals surface area contributed by atoms with Crippen LogP contribution < -0.4 is 10.6 Å². The Bertz CT molecular complexity index is 823. The largest absolute Gasteiger partial charge is 0.506 e. The third-order valence-electron chi connectivity index (χ3n) is 4.38. The Morgan fingerprint density at radius 2 is 2.00 bits per heavy atom. The molecule has 3 rings (SSSR count). The minimum Gasteiger partial charge on any atom is -0.506 e. The lowest BCUT2D eigenvalue weighted by Crippen LogP contribution is -2.38. The van der Waals surface area contributed by atoms with Gasteiger partial charge in [0.2, 0.25) is 5.91 Å². The minimum absolute atomic E-state index is 0.00285. The van der Waals surface area contributed by atoms with Crippen molar-refractivity contribution < 1.29 is 19.3 Å². The highest BCUT2D eigenvalue weighted by Crippen LogP contribution is 2.24. The van der Waals surface area contributed by atoms with E-state index in [1.165, 1.54) is 6.07 Å². The summed E-state index contributed by atoms with van der Waals surface area (Å²) in [4.78, 5) is 24.3. The van der Waals surface area contributed by atoms with Crippen LogP contribution in [0.15, 0.2) is 22.8 Å². The maximum Gasteiger partial charge on any atom is 0.275 e. The molecule has 26 heavy (non-hydrogen) atoms. The van der Waals surface area contributed by atoms with Crippen LogP contribution in [0.2, 0.25) is 5.02 Å². The maximum absolute atomic E-state index is 12.2. The quantitative estimate of drug-likeness (QED) is 0.729. The normalized spacial score (nSPS) is 19.3. The number of halogens is 1. The summed E-state index contributed by atoms with van der Waals surface area (Å²) in [6.07, 6.45) is 2.38. The van der Waals surface area contributed by atoms with E-state index in [4.69, 9.17) is 11.6 Å². The van der Waals surface area contributed by atoms with Crippen molar-refractivity contribution in [3.8, 4) is 5.75 Å². The molecular formula is C17H19ClN4O4. The van der Waals surface area contributed by atoms with Gasteiger partial charge in [-0.05, 0) is 49.0 Å². The fraction of sp³-hybridized carbons (Fsp3) is 0.412. The molecule has 1 aliphatic carbocycles. The number of hydrogen-bond acceptors (Lipinski definition) is 6. The number of aromatic hydroxyl groups is 1. The van der Waals surface area contributed by atoms with Gasteiger partial charge in [-0.3, -0.25) is 9.59 Å². The van der Waals surface area contributed by atoms with E-state index < -0.39 is 0 Å². The summed E-state index contributed by atoms with van der Waals surface area (Å²) < 4.78 is 4.53. The number of hydrogen-bond donors (Lipinski definition) is 3. The van der Waals surface area contributed by atoms with Crippen molar-refractivity contribution >= 4 is 23.4 Å². The Morgan fingerprint density at radius 1 is 1.27 bits per heavy atom. The Balaban J connectivity index is 1.48. The average molecular weight is 379 g/mol. The molecule has 2 amide bonds. The van der Waals surface area contributed by atoms with Crippen molar-refractivity contribution in [3.05, 3.63) is 40.2 Å². The fourth-order valence-corrected chi connectivity index (χ4v) is 3.26. The third-order valence-corrected chi connectivity index (χ3v) is 4.68. The van der Waals surface area contributed by atoms with Gasteiger partial charge in [-0.2, -0.15) is 0 Å². The first-order valence-corrected chi connectivity index (χ1v) is 8.67. The SMILES string of the molecule is Cc1nonc1C(=O)N[C@@H]1CC[C@H](NC(=O)Cc2ccc(O)c(Cl)c2)C1. The third kappa shape index (κ3) is 4.32. The van der Waals surface area contributed by atoms with Crippen LogP contribution in [0.1, 0.15) is 41.0 Å². The molecule has 1 saturated carbocycles. The Morgan fingerprint density at radius 3 is 2.65 bits per heavy atom. The monoisotopic (exact) mass is 378 g/mol. The average Bonchev–Trinajstić information content (AvgIpc) is 3.20. The second-order valence-corrected chi connectivity index (χ2v) is 6.82. The number of phenolic OH excluding ortho intramolecular Hbond substituents is 1. The molecule has 3 N–H and O–H groups in total. The predicted molar refractivity (Wildman–Crippen MR) is 92.9 cm³/mol. The van der Waals surface area contributed by atoms with Crippen LogP contribution in [0.4, 0.5) is 0 Å². The van der Waals surface area contributed by atoms with Gasteiger partial charge in [0.25, 0.3) is 5.91 Å². The molecular weight excluding hydrogens is 360 g/mol. The highest BCUT2D eigenvalue weighted by molar-refractivity contribution is 6.32. The zero-order valence-corrected chi connectivity index (χ0v) is 14.9. The van der Waals surface area contributed by atoms with Crippen LogP contribution in [-0.4, -0.2) is 39.3 Å². The van der Waals surface area contributed by atoms with E-state index in [2.05, 4.69) is 25.6 Å². The Labute approximate surface area is 154 Å². The molecule has 0 saturated heterocycles. The summed E-state index contributed by atoms with van der Waals surface area (Å²) in [5.74, 6) is -0.456. The predicted octanol–water partition coefficient (Wildman–Crippen LogP) is 1.75. The van der Waals surface area contributed by atoms with Crippen molar-refractivity contribution in [1.29, 1.82) is 0 Å². The molecule has 0 aliphatic heterocycles. The van der Waals surface area contributed by atoms with Crippen LogP contribution >= 0.6 is 11.6 Å². The number of amides is 2. The molecule has 0 radical (unpaired) electrons. The van der Waals surface area contributed by atoms with E-state index in [0.29, 0.717) is 12.1 Å². The van der Waals surface area contributed by atoms with Crippen molar-refractivity contribution in [2.24, 2.45) is 0 Å². The molecule has 8 nitrogen and oxygen atoms in total. The van der Waals surface area contributed by atoms with Gasteiger partial charge in [0.1, 0.15) is 11.4 Å². The number of benzene rings is 1. The smallest absolute Gasteiger partial charge is 0.275 e. The summed E-state index contributed by atoms with van der Waals surface area (Å²) in [7, 11) is 0. The van der Waals surface area contributed by atoms with Crippen molar-refractivity contribution in [1.82, 2.24) is 20.9 Å². The van der Waals surface area contributed by atoms with Gasteiger partial charge in [0, 0.05) is 12.1 Å². The first-order chi connectivity index (χ1) is 12.4. The number of nitrogens with zero attached hydrogens (tertiary/aromatic N) is 2. The standard InChI is InChI=1S/C17H19ClN4O4/c1-9-16(22-26-21-9)17(25)20-12-4-3-11(8-12)19-15(24)7-10-2-5-14(23)13(18)6-10/h2,5-6,11-12,23H,3-4,7-8H2,1H3,(H,19,24)(H,20,25)/t11-,12+/m0/s1. The molecule has 1 heterocycles. The topological polar surface area (TPSA) is 117 Å². The highest BCUT2D eigenvalue weighted by Gasteiger charge is 2.28. The van der Waals surface area contributed by atoms with Gasteiger partial charge < -0.3 is 15.7 Å². The Kier molecular flexibility index (Phi) is 5.41. The van der Waals surface area contributed by atoms with Crippen LogP contribution in [0.25, 0.3) is 0 Å². The van der Waals surface area contributed by atoms with Crippen LogP contribution in [0, 0.1) is 6.92 Å². The van der Waals surface area contributed by atoms with E-state index >= 15 is 0 Å². The van der Waals surface area contributed by atoms with E-state index in [1.54, 1.807) is 19.1 Å². The highest BCUT2D eigenvalue weighted by atomic mass is 35.5. The van der Waals surface area contributed by atoms with Gasteiger partial charge in [0.15, 0.2) is 5.69 Å². The minimum atomic E-state index is -0.320. The molecule has 1 aromatic carbocycles. The number of aryl methyl sites for hydroxylation is 1. The van der Waals surface area contributed by atoms with Crippen molar-refractivity contribution in [2.75, 3.05) is 0 Å². The molecule has 9 heteroatoms. The fourth-order valence-electron chi connectivity index (χ4n) is 3.06. The summed E-state index contributed by atoms with van der Waals surface area (Å²) in [6, 6.07) is 4.66. The number of carbonyl (C=O) groups excluding carboxylic acids is 2. The summed E-state index contributed by atoms with van der Waals surface area (Å²) in [6.45, 7) is 1.65. The van der Waals surface area contributed by atoms with Gasteiger partial charge >= 0.3 is 0 Å². The van der Waals surface area contributed by atoms with Gasteiger partial charge in [-0.1, -0.05) is 22.8 Å². The molecule has 2 aromatic rings. The zero-order chi connectivity index (χ0) is 18.7. The second-order valence-electron chi connectivity index (χ2n) is 6.41. The van der Waals surface area contributed by atoms with Gasteiger partial charge in [0.05, 0.1) is 11.4 Å². The molecule has 1 aromatic heterocycles. The Hall–Kier alpha value is -2.61. The summed E-state index contributed by atoms with van der Waals surface area (Å²) in [5.41, 5.74) is 1.35. The molecule has 0 bridgehead atoms. The van der Waals surface area contributed by atoms with Crippen LogP contribution in [0.3, 0.4) is 0 Å². The summed E-state index contributed by atoms with van der Waals surface area (Å²) >= 11 is 5.85. The zero-order valence-electron chi connectivity index (χ0n) is 14.2. The van der Waals surface area contributed by atoms with Gasteiger partial charge in [-0.25, -0.2) is 4.63 Å². The number of carbonyl (C=O) groups is 2. The lowest BCUT2D eigenvalue weighted by Gasteiger charge is -2.14. The van der Waals surface area contributed by atoms with E-state index in [9.17, 15) is 14.7 Å². The van der Waals surface area contributed by atoms with Crippen molar-refractivity contribution in [2.45, 2.75) is 44.7 Å². The summed E-state index contributed by atoms with van der Waals surface area (Å²) in [5, 5.41) is 22.7. The van der Waals surface area contributed by atoms with E-state index in [0.717, 1.165) is 18.4 Å². The molecule has 0 unspecified atom stereocenters. The van der Waals surface area contributed by atoms with E-state index in [-0.39, 0.29) is 46.8 Å². The number of rotatable bonds is 5. The first kappa shape index (κ1) is 18.2. The maximum atomic E-state index is 12.2.